The zero-order chi connectivity index (χ0) is 13.4. The molecular formula is C13H17NO2S2. The third-order valence-electron chi connectivity index (χ3n) is 2.33. The van der Waals surface area contributed by atoms with Gasteiger partial charge >= 0.3 is 0 Å². The molecule has 0 bridgehead atoms. The van der Waals surface area contributed by atoms with Crippen molar-refractivity contribution < 1.29 is 9.94 Å². The molecule has 0 unspecified atom stereocenters. The van der Waals surface area contributed by atoms with E-state index in [4.69, 9.17) is 9.94 Å². The van der Waals surface area contributed by atoms with Crippen LogP contribution in [0.2, 0.25) is 0 Å². The third-order valence-corrected chi connectivity index (χ3v) is 4.38. The van der Waals surface area contributed by atoms with Crippen molar-refractivity contribution in [2.24, 2.45) is 5.16 Å². The highest BCUT2D eigenvalue weighted by Crippen LogP contribution is 2.23. The van der Waals surface area contributed by atoms with Crippen molar-refractivity contribution in [1.82, 2.24) is 0 Å². The summed E-state index contributed by atoms with van der Waals surface area (Å²) in [5, 5.41) is 12.4. The summed E-state index contributed by atoms with van der Waals surface area (Å²) in [5.41, 5.74) is 1.70. The molecule has 5 heteroatoms. The number of oxime groups is 1. The molecule has 0 saturated heterocycles. The molecule has 0 spiro atoms. The SMILES string of the molecule is COc1cccc(C/C(C=C(SC)SC)=N\O)c1. The van der Waals surface area contributed by atoms with Gasteiger partial charge in [0.1, 0.15) is 5.75 Å². The topological polar surface area (TPSA) is 41.8 Å². The minimum Gasteiger partial charge on any atom is -0.497 e. The molecule has 0 aliphatic rings. The molecule has 0 heterocycles. The van der Waals surface area contributed by atoms with E-state index in [1.807, 2.05) is 42.9 Å². The predicted octanol–water partition coefficient (Wildman–Crippen LogP) is 3.64. The van der Waals surface area contributed by atoms with E-state index in [-0.39, 0.29) is 0 Å². The van der Waals surface area contributed by atoms with Crippen LogP contribution in [0.25, 0.3) is 0 Å². The number of nitrogens with zero attached hydrogens (tertiary/aromatic N) is 1. The molecule has 0 atom stereocenters. The Bertz CT molecular complexity index is 438. The second-order valence-corrected chi connectivity index (χ2v) is 5.45. The van der Waals surface area contributed by atoms with Crippen LogP contribution >= 0.6 is 23.5 Å². The molecule has 1 aromatic rings. The Morgan fingerprint density at radius 1 is 1.39 bits per heavy atom. The van der Waals surface area contributed by atoms with Crippen LogP contribution in [-0.2, 0) is 6.42 Å². The Hall–Kier alpha value is -1.07. The van der Waals surface area contributed by atoms with Gasteiger partial charge in [-0.1, -0.05) is 17.3 Å². The number of hydrogen-bond acceptors (Lipinski definition) is 5. The van der Waals surface area contributed by atoms with E-state index >= 15 is 0 Å². The van der Waals surface area contributed by atoms with Gasteiger partial charge in [-0.25, -0.2) is 0 Å². The Balaban J connectivity index is 2.83. The van der Waals surface area contributed by atoms with Crippen LogP contribution < -0.4 is 4.74 Å². The number of rotatable bonds is 6. The van der Waals surface area contributed by atoms with Crippen LogP contribution in [0.4, 0.5) is 0 Å². The number of thioether (sulfide) groups is 2. The molecule has 1 N–H and O–H groups in total. The van der Waals surface area contributed by atoms with E-state index in [9.17, 15) is 0 Å². The molecule has 18 heavy (non-hydrogen) atoms. The molecule has 98 valence electrons. The average Bonchev–Trinajstić information content (AvgIpc) is 2.43. The number of methoxy groups -OCH3 is 1. The van der Waals surface area contributed by atoms with Gasteiger partial charge in [0.15, 0.2) is 0 Å². The maximum atomic E-state index is 9.05. The van der Waals surface area contributed by atoms with Crippen LogP contribution in [0.3, 0.4) is 0 Å². The summed E-state index contributed by atoms with van der Waals surface area (Å²) in [4.78, 5) is 0. The van der Waals surface area contributed by atoms with Crippen molar-refractivity contribution in [3.63, 3.8) is 0 Å². The molecular weight excluding hydrogens is 266 g/mol. The van der Waals surface area contributed by atoms with Crippen molar-refractivity contribution in [3.8, 4) is 5.75 Å². The molecule has 0 saturated carbocycles. The average molecular weight is 283 g/mol. The highest BCUT2D eigenvalue weighted by molar-refractivity contribution is 8.21. The van der Waals surface area contributed by atoms with Crippen molar-refractivity contribution in [2.45, 2.75) is 6.42 Å². The monoisotopic (exact) mass is 283 g/mol. The zero-order valence-electron chi connectivity index (χ0n) is 10.7. The maximum absolute atomic E-state index is 9.05. The Morgan fingerprint density at radius 3 is 2.67 bits per heavy atom. The summed E-state index contributed by atoms with van der Waals surface area (Å²) in [6.45, 7) is 0. The van der Waals surface area contributed by atoms with Gasteiger partial charge in [0.05, 0.1) is 12.8 Å². The van der Waals surface area contributed by atoms with Crippen LogP contribution in [0.15, 0.2) is 39.7 Å². The smallest absolute Gasteiger partial charge is 0.119 e. The predicted molar refractivity (Wildman–Crippen MR) is 81.0 cm³/mol. The van der Waals surface area contributed by atoms with E-state index in [1.165, 1.54) is 0 Å². The summed E-state index contributed by atoms with van der Waals surface area (Å²) >= 11 is 3.28. The van der Waals surface area contributed by atoms with Gasteiger partial charge in [-0.2, -0.15) is 0 Å². The van der Waals surface area contributed by atoms with Crippen LogP contribution in [0.5, 0.6) is 5.75 Å². The first-order chi connectivity index (χ1) is 8.73. The van der Waals surface area contributed by atoms with Gasteiger partial charge < -0.3 is 9.94 Å². The highest BCUT2D eigenvalue weighted by atomic mass is 32.2. The molecule has 0 radical (unpaired) electrons. The van der Waals surface area contributed by atoms with Gasteiger partial charge in [-0.15, -0.1) is 23.5 Å². The van der Waals surface area contributed by atoms with Crippen LogP contribution in [0, 0.1) is 0 Å². The minimum absolute atomic E-state index is 0.582. The highest BCUT2D eigenvalue weighted by Gasteiger charge is 2.03. The fraction of sp³-hybridized carbons (Fsp3) is 0.308. The van der Waals surface area contributed by atoms with E-state index in [0.717, 1.165) is 15.6 Å². The fourth-order valence-corrected chi connectivity index (χ4v) is 2.62. The lowest BCUT2D eigenvalue weighted by Crippen LogP contribution is -2.00. The van der Waals surface area contributed by atoms with Crippen molar-refractivity contribution in [3.05, 3.63) is 40.1 Å². The van der Waals surface area contributed by atoms with Crippen LogP contribution in [0.1, 0.15) is 5.56 Å². The van der Waals surface area contributed by atoms with Crippen molar-refractivity contribution in [2.75, 3.05) is 19.6 Å². The second-order valence-electron chi connectivity index (χ2n) is 3.49. The van der Waals surface area contributed by atoms with Gasteiger partial charge in [0, 0.05) is 10.7 Å². The summed E-state index contributed by atoms with van der Waals surface area (Å²) < 4.78 is 6.28. The number of ether oxygens (including phenoxy) is 1. The first-order valence-corrected chi connectivity index (χ1v) is 7.82. The quantitative estimate of drug-likeness (QED) is 0.492. The second kappa shape index (κ2) is 8.11. The van der Waals surface area contributed by atoms with Gasteiger partial charge in [0.2, 0.25) is 0 Å². The normalized spacial score (nSPS) is 11.2. The fourth-order valence-electron chi connectivity index (χ4n) is 1.44. The van der Waals surface area contributed by atoms with Crippen molar-refractivity contribution >= 4 is 29.2 Å². The molecule has 0 aliphatic carbocycles. The van der Waals surface area contributed by atoms with Gasteiger partial charge in [-0.3, -0.25) is 0 Å². The molecule has 1 rings (SSSR count). The first kappa shape index (κ1) is 15.0. The van der Waals surface area contributed by atoms with E-state index in [1.54, 1.807) is 30.6 Å². The summed E-state index contributed by atoms with van der Waals surface area (Å²) in [5.74, 6) is 0.809. The summed E-state index contributed by atoms with van der Waals surface area (Å²) in [7, 11) is 1.64. The lowest BCUT2D eigenvalue weighted by atomic mass is 10.1. The van der Waals surface area contributed by atoms with E-state index < -0.39 is 0 Å². The number of allylic oxidation sites excluding steroid dienone is 1. The molecule has 0 amide bonds. The standard InChI is InChI=1S/C13H17NO2S2/c1-16-12-6-4-5-10(8-12)7-11(14-15)9-13(17-2)18-3/h4-6,8-9,15H,7H2,1-3H3/b14-11+. The Morgan fingerprint density at radius 2 is 2.11 bits per heavy atom. The maximum Gasteiger partial charge on any atom is 0.119 e. The van der Waals surface area contributed by atoms with E-state index in [0.29, 0.717) is 12.1 Å². The molecule has 1 aromatic carbocycles. The minimum atomic E-state index is 0.582. The number of hydrogen-bond donors (Lipinski definition) is 1. The third kappa shape index (κ3) is 4.66. The molecule has 0 fully saturated rings. The lowest BCUT2D eigenvalue weighted by Gasteiger charge is -2.05. The summed E-state index contributed by atoms with van der Waals surface area (Å²) in [6.07, 6.45) is 6.48. The Kier molecular flexibility index (Phi) is 6.75. The largest absolute Gasteiger partial charge is 0.497 e. The first-order valence-electron chi connectivity index (χ1n) is 5.37. The summed E-state index contributed by atoms with van der Waals surface area (Å²) in [6, 6.07) is 7.75. The van der Waals surface area contributed by atoms with Crippen LogP contribution in [-0.4, -0.2) is 30.5 Å². The molecule has 3 nitrogen and oxygen atoms in total. The lowest BCUT2D eigenvalue weighted by molar-refractivity contribution is 0.318. The molecule has 0 aromatic heterocycles. The van der Waals surface area contributed by atoms with Gasteiger partial charge in [0.25, 0.3) is 0 Å². The van der Waals surface area contributed by atoms with Gasteiger partial charge in [-0.05, 0) is 36.3 Å². The Labute approximate surface area is 116 Å². The zero-order valence-corrected chi connectivity index (χ0v) is 12.3. The number of benzene rings is 1. The van der Waals surface area contributed by atoms with E-state index in [2.05, 4.69) is 5.16 Å². The molecule has 0 aliphatic heterocycles. The van der Waals surface area contributed by atoms with Crippen molar-refractivity contribution in [1.29, 1.82) is 0 Å².